The minimum atomic E-state index is -1.10. The van der Waals surface area contributed by atoms with Crippen molar-refractivity contribution >= 4 is 34.3 Å². The Bertz CT molecular complexity index is 1790. The lowest BCUT2D eigenvalue weighted by atomic mass is 10.1. The van der Waals surface area contributed by atoms with Crippen molar-refractivity contribution < 1.29 is 22.9 Å². The largest absolute Gasteiger partial charge is 0.350 e. The van der Waals surface area contributed by atoms with E-state index < -0.39 is 29.0 Å². The number of para-hydroxylation sites is 1. The smallest absolute Gasteiger partial charge is 0.252 e. The van der Waals surface area contributed by atoms with Gasteiger partial charge in [0.15, 0.2) is 0 Å². The van der Waals surface area contributed by atoms with Crippen molar-refractivity contribution in [2.24, 2.45) is 0 Å². The van der Waals surface area contributed by atoms with Crippen molar-refractivity contribution in [2.75, 3.05) is 0 Å². The van der Waals surface area contributed by atoms with E-state index >= 15 is 4.39 Å². The number of amides is 2. The summed E-state index contributed by atoms with van der Waals surface area (Å²) in [6, 6.07) is 17.3. The molecule has 11 heteroatoms. The van der Waals surface area contributed by atoms with E-state index in [0.717, 1.165) is 17.0 Å². The standard InChI is InChI=1S/C29H22ClF2N5O3/c1-16-34-26(36-40-16)25-24(30)21-7-2-3-8-23(21)37(25)20-10-9-18(22(32)14-20)15-33-28(39)29(11-12-29)35-27(38)17-5-4-6-19(31)13-17/h2-10,13-14H,11-12,15H2,1H3,(H,33,39)(H,35,38). The maximum absolute atomic E-state index is 15.4. The highest BCUT2D eigenvalue weighted by Crippen LogP contribution is 2.39. The Morgan fingerprint density at radius 2 is 1.88 bits per heavy atom. The maximum Gasteiger partial charge on any atom is 0.252 e. The van der Waals surface area contributed by atoms with Gasteiger partial charge in [-0.25, -0.2) is 8.78 Å². The summed E-state index contributed by atoms with van der Waals surface area (Å²) in [4.78, 5) is 29.8. The number of hydrogen-bond donors (Lipinski definition) is 2. The van der Waals surface area contributed by atoms with E-state index in [4.69, 9.17) is 16.1 Å². The van der Waals surface area contributed by atoms with Gasteiger partial charge in [-0.1, -0.05) is 47.1 Å². The lowest BCUT2D eigenvalue weighted by Crippen LogP contribution is -2.48. The van der Waals surface area contributed by atoms with Crippen LogP contribution in [-0.4, -0.2) is 32.1 Å². The zero-order valence-corrected chi connectivity index (χ0v) is 21.9. The van der Waals surface area contributed by atoms with Gasteiger partial charge < -0.3 is 19.7 Å². The number of halogens is 3. The van der Waals surface area contributed by atoms with Crippen molar-refractivity contribution in [3.63, 3.8) is 0 Å². The van der Waals surface area contributed by atoms with Gasteiger partial charge >= 0.3 is 0 Å². The Hall–Kier alpha value is -4.57. The fraction of sp³-hybridized carbons (Fsp3) is 0.172. The first-order chi connectivity index (χ1) is 19.3. The number of fused-ring (bicyclic) bond motifs is 1. The van der Waals surface area contributed by atoms with E-state index in [1.807, 2.05) is 24.3 Å². The van der Waals surface area contributed by atoms with E-state index in [9.17, 15) is 14.0 Å². The molecule has 40 heavy (non-hydrogen) atoms. The Kier molecular flexibility index (Phi) is 6.34. The first-order valence-corrected chi connectivity index (χ1v) is 12.9. The van der Waals surface area contributed by atoms with Crippen LogP contribution in [0.4, 0.5) is 8.78 Å². The van der Waals surface area contributed by atoms with Crippen LogP contribution in [0.5, 0.6) is 0 Å². The van der Waals surface area contributed by atoms with Gasteiger partial charge in [0.2, 0.25) is 17.6 Å². The summed E-state index contributed by atoms with van der Waals surface area (Å²) < 4.78 is 35.8. The number of aryl methyl sites for hydroxylation is 1. The predicted molar refractivity (Wildman–Crippen MR) is 144 cm³/mol. The lowest BCUT2D eigenvalue weighted by molar-refractivity contribution is -0.124. The van der Waals surface area contributed by atoms with Gasteiger partial charge in [0, 0.05) is 35.7 Å². The van der Waals surface area contributed by atoms with E-state index in [1.165, 1.54) is 24.3 Å². The van der Waals surface area contributed by atoms with Crippen LogP contribution in [0.2, 0.25) is 5.02 Å². The summed E-state index contributed by atoms with van der Waals surface area (Å²) >= 11 is 6.71. The van der Waals surface area contributed by atoms with Crippen molar-refractivity contribution in [2.45, 2.75) is 31.8 Å². The molecule has 0 saturated heterocycles. The number of nitrogens with one attached hydrogen (secondary N) is 2. The topological polar surface area (TPSA) is 102 Å². The van der Waals surface area contributed by atoms with Gasteiger partial charge in [-0.2, -0.15) is 4.98 Å². The SMILES string of the molecule is Cc1nc(-c2c(Cl)c3ccccc3n2-c2ccc(CNC(=O)C3(NC(=O)c4cccc(F)c4)CC3)c(F)c2)no1. The zero-order valence-electron chi connectivity index (χ0n) is 21.2. The maximum atomic E-state index is 15.4. The Labute approximate surface area is 231 Å². The molecule has 0 atom stereocenters. The molecule has 1 aliphatic rings. The van der Waals surface area contributed by atoms with Crippen LogP contribution in [-0.2, 0) is 11.3 Å². The molecule has 5 aromatic rings. The molecule has 8 nitrogen and oxygen atoms in total. The Morgan fingerprint density at radius 1 is 1.07 bits per heavy atom. The summed E-state index contributed by atoms with van der Waals surface area (Å²) in [6.07, 6.45) is 0.863. The Morgan fingerprint density at radius 3 is 2.58 bits per heavy atom. The second kappa shape index (κ2) is 9.87. The van der Waals surface area contributed by atoms with Crippen LogP contribution in [0.25, 0.3) is 28.1 Å². The Balaban J connectivity index is 1.23. The third kappa shape index (κ3) is 4.60. The minimum Gasteiger partial charge on any atom is -0.350 e. The molecule has 6 rings (SSSR count). The monoisotopic (exact) mass is 561 g/mol. The van der Waals surface area contributed by atoms with E-state index in [-0.39, 0.29) is 23.5 Å². The predicted octanol–water partition coefficient (Wildman–Crippen LogP) is 5.50. The van der Waals surface area contributed by atoms with E-state index in [0.29, 0.717) is 35.1 Å². The highest BCUT2D eigenvalue weighted by molar-refractivity contribution is 6.38. The second-order valence-electron chi connectivity index (χ2n) is 9.66. The van der Waals surface area contributed by atoms with E-state index in [2.05, 4.69) is 20.8 Å². The summed E-state index contributed by atoms with van der Waals surface area (Å²) in [6.45, 7) is 1.57. The van der Waals surface area contributed by atoms with Crippen LogP contribution in [0.1, 0.15) is 34.7 Å². The fourth-order valence-electron chi connectivity index (χ4n) is 4.68. The van der Waals surface area contributed by atoms with Crippen LogP contribution >= 0.6 is 11.6 Å². The van der Waals surface area contributed by atoms with Crippen LogP contribution in [0.3, 0.4) is 0 Å². The summed E-state index contributed by atoms with van der Waals surface area (Å²) in [5.74, 6) is -1.44. The number of carbonyl (C=O) groups is 2. The molecule has 202 valence electrons. The van der Waals surface area contributed by atoms with Crippen molar-refractivity contribution in [3.8, 4) is 17.2 Å². The quantitative estimate of drug-likeness (QED) is 0.273. The average molecular weight is 562 g/mol. The van der Waals surface area contributed by atoms with Gasteiger partial charge in [0.05, 0.1) is 10.5 Å². The van der Waals surface area contributed by atoms with Gasteiger partial charge in [-0.3, -0.25) is 9.59 Å². The molecule has 0 bridgehead atoms. The number of rotatable bonds is 7. The third-order valence-electron chi connectivity index (χ3n) is 6.91. The van der Waals surface area contributed by atoms with Gasteiger partial charge in [-0.15, -0.1) is 0 Å². The summed E-state index contributed by atoms with van der Waals surface area (Å²) in [5, 5.41) is 10.6. The number of nitrogens with zero attached hydrogens (tertiary/aromatic N) is 3. The molecule has 0 radical (unpaired) electrons. The summed E-state index contributed by atoms with van der Waals surface area (Å²) in [5.41, 5.74) is 0.949. The molecule has 0 spiro atoms. The molecule has 2 amide bonds. The van der Waals surface area contributed by atoms with Crippen LogP contribution in [0, 0.1) is 18.6 Å². The van der Waals surface area contributed by atoms with Crippen molar-refractivity contribution in [1.29, 1.82) is 0 Å². The molecular weight excluding hydrogens is 540 g/mol. The van der Waals surface area contributed by atoms with Gasteiger partial charge in [-0.05, 0) is 49.2 Å². The first-order valence-electron chi connectivity index (χ1n) is 12.5. The third-order valence-corrected chi connectivity index (χ3v) is 7.29. The van der Waals surface area contributed by atoms with Gasteiger partial charge in [0.1, 0.15) is 22.9 Å². The molecule has 1 saturated carbocycles. The fourth-order valence-corrected chi connectivity index (χ4v) is 5.01. The molecule has 2 heterocycles. The highest BCUT2D eigenvalue weighted by atomic mass is 35.5. The van der Waals surface area contributed by atoms with Crippen LogP contribution < -0.4 is 10.6 Å². The van der Waals surface area contributed by atoms with Crippen LogP contribution in [0.15, 0.2) is 71.3 Å². The average Bonchev–Trinajstić information content (AvgIpc) is 3.51. The number of hydrogen-bond acceptors (Lipinski definition) is 5. The molecule has 2 aromatic heterocycles. The first kappa shape index (κ1) is 25.7. The lowest BCUT2D eigenvalue weighted by Gasteiger charge is -2.18. The summed E-state index contributed by atoms with van der Waals surface area (Å²) in [7, 11) is 0. The zero-order chi connectivity index (χ0) is 28.0. The number of benzene rings is 3. The normalized spacial score (nSPS) is 13.8. The number of aromatic nitrogens is 3. The molecule has 1 fully saturated rings. The number of carbonyl (C=O) groups excluding carboxylic acids is 2. The molecule has 0 aliphatic heterocycles. The van der Waals surface area contributed by atoms with Crippen molar-refractivity contribution in [1.82, 2.24) is 25.3 Å². The molecule has 1 aliphatic carbocycles. The van der Waals surface area contributed by atoms with Crippen molar-refractivity contribution in [3.05, 3.63) is 100 Å². The molecular formula is C29H22ClF2N5O3. The molecule has 0 unspecified atom stereocenters. The second-order valence-corrected chi connectivity index (χ2v) is 10.0. The van der Waals surface area contributed by atoms with Gasteiger partial charge in [0.25, 0.3) is 5.91 Å². The van der Waals surface area contributed by atoms with E-state index in [1.54, 1.807) is 23.6 Å². The highest BCUT2D eigenvalue weighted by Gasteiger charge is 2.51. The molecule has 3 aromatic carbocycles. The minimum absolute atomic E-state index is 0.0907. The molecule has 2 N–H and O–H groups in total.